The van der Waals surface area contributed by atoms with Gasteiger partial charge in [0, 0.05) is 5.57 Å². The molecule has 2 nitrogen and oxygen atoms in total. The minimum atomic E-state index is -0.767. The second kappa shape index (κ2) is 3.63. The van der Waals surface area contributed by atoms with Gasteiger partial charge in [-0.3, -0.25) is 0 Å². The summed E-state index contributed by atoms with van der Waals surface area (Å²) in [6, 6.07) is 8.19. The van der Waals surface area contributed by atoms with Gasteiger partial charge >= 0.3 is 0 Å². The summed E-state index contributed by atoms with van der Waals surface area (Å²) < 4.78 is 5.35. The molecule has 1 aromatic rings. The lowest BCUT2D eigenvalue weighted by Crippen LogP contribution is -2.27. The summed E-state index contributed by atoms with van der Waals surface area (Å²) in [5.74, 6) is 0. The maximum Gasteiger partial charge on any atom is 0.114 e. The Labute approximate surface area is 95.6 Å². The lowest BCUT2D eigenvalue weighted by Gasteiger charge is -2.29. The SMILES string of the molecule is OC1(C2=COCCC2)CCc2ccccc21. The predicted molar refractivity (Wildman–Crippen MR) is 61.9 cm³/mol. The van der Waals surface area contributed by atoms with E-state index < -0.39 is 5.60 Å². The number of aryl methyl sites for hydroxylation is 1. The Balaban J connectivity index is 2.04. The van der Waals surface area contributed by atoms with Gasteiger partial charge < -0.3 is 9.84 Å². The predicted octanol–water partition coefficient (Wildman–Crippen LogP) is 2.51. The van der Waals surface area contributed by atoms with Gasteiger partial charge in [0.15, 0.2) is 0 Å². The molecule has 0 spiro atoms. The number of fused-ring (bicyclic) bond motifs is 1. The zero-order valence-corrected chi connectivity index (χ0v) is 9.28. The molecule has 0 saturated carbocycles. The highest BCUT2D eigenvalue weighted by atomic mass is 16.5. The van der Waals surface area contributed by atoms with Crippen LogP contribution in [-0.2, 0) is 16.8 Å². The van der Waals surface area contributed by atoms with Crippen LogP contribution >= 0.6 is 0 Å². The summed E-state index contributed by atoms with van der Waals surface area (Å²) in [6.07, 6.45) is 5.48. The average Bonchev–Trinajstić information content (AvgIpc) is 2.71. The number of rotatable bonds is 1. The van der Waals surface area contributed by atoms with E-state index in [1.165, 1.54) is 5.56 Å². The molecule has 1 aliphatic carbocycles. The van der Waals surface area contributed by atoms with Crippen LogP contribution in [-0.4, -0.2) is 11.7 Å². The molecule has 0 amide bonds. The molecule has 16 heavy (non-hydrogen) atoms. The van der Waals surface area contributed by atoms with Gasteiger partial charge in [-0.1, -0.05) is 24.3 Å². The Morgan fingerprint density at radius 3 is 2.88 bits per heavy atom. The van der Waals surface area contributed by atoms with Crippen LogP contribution in [0.1, 0.15) is 30.4 Å². The summed E-state index contributed by atoms with van der Waals surface area (Å²) in [5.41, 5.74) is 2.63. The normalized spacial score (nSPS) is 28.2. The van der Waals surface area contributed by atoms with Crippen LogP contribution in [0.15, 0.2) is 36.1 Å². The van der Waals surface area contributed by atoms with Crippen molar-refractivity contribution in [2.24, 2.45) is 0 Å². The third-order valence-corrected chi connectivity index (χ3v) is 3.68. The topological polar surface area (TPSA) is 29.5 Å². The van der Waals surface area contributed by atoms with Gasteiger partial charge in [0.1, 0.15) is 5.60 Å². The van der Waals surface area contributed by atoms with E-state index in [2.05, 4.69) is 6.07 Å². The van der Waals surface area contributed by atoms with Crippen molar-refractivity contribution in [2.45, 2.75) is 31.3 Å². The molecule has 1 atom stereocenters. The van der Waals surface area contributed by atoms with Gasteiger partial charge in [0.2, 0.25) is 0 Å². The molecule has 2 heteroatoms. The minimum Gasteiger partial charge on any atom is -0.501 e. The van der Waals surface area contributed by atoms with E-state index in [-0.39, 0.29) is 0 Å². The first-order valence-corrected chi connectivity index (χ1v) is 5.92. The van der Waals surface area contributed by atoms with Crippen molar-refractivity contribution in [2.75, 3.05) is 6.61 Å². The van der Waals surface area contributed by atoms with Crippen molar-refractivity contribution in [1.29, 1.82) is 0 Å². The smallest absolute Gasteiger partial charge is 0.114 e. The molecule has 3 rings (SSSR count). The first kappa shape index (κ1) is 9.91. The van der Waals surface area contributed by atoms with Crippen LogP contribution in [0.5, 0.6) is 0 Å². The number of ether oxygens (including phenoxy) is 1. The number of benzene rings is 1. The second-order valence-corrected chi connectivity index (χ2v) is 4.63. The molecule has 1 aromatic carbocycles. The fraction of sp³-hybridized carbons (Fsp3) is 0.429. The summed E-state index contributed by atoms with van der Waals surface area (Å²) >= 11 is 0. The molecule has 0 saturated heterocycles. The zero-order valence-electron chi connectivity index (χ0n) is 9.28. The quantitative estimate of drug-likeness (QED) is 0.781. The summed E-state index contributed by atoms with van der Waals surface area (Å²) in [6.45, 7) is 0.779. The van der Waals surface area contributed by atoms with Gasteiger partial charge in [-0.05, 0) is 36.8 Å². The van der Waals surface area contributed by atoms with Gasteiger partial charge in [-0.25, -0.2) is 0 Å². The standard InChI is InChI=1S/C14H16O2/c15-14(12-5-3-9-16-10-12)8-7-11-4-1-2-6-13(11)14/h1-2,4,6,10,15H,3,5,7-9H2. The lowest BCUT2D eigenvalue weighted by atomic mass is 9.85. The number of aliphatic hydroxyl groups is 1. The van der Waals surface area contributed by atoms with E-state index in [1.807, 2.05) is 18.2 Å². The van der Waals surface area contributed by atoms with E-state index >= 15 is 0 Å². The fourth-order valence-corrected chi connectivity index (χ4v) is 2.79. The van der Waals surface area contributed by atoms with Crippen LogP contribution < -0.4 is 0 Å². The Bertz CT molecular complexity index is 436. The zero-order chi connectivity index (χ0) is 11.0. The van der Waals surface area contributed by atoms with Gasteiger partial charge in [0.25, 0.3) is 0 Å². The third kappa shape index (κ3) is 1.37. The van der Waals surface area contributed by atoms with Gasteiger partial charge in [-0.15, -0.1) is 0 Å². The van der Waals surface area contributed by atoms with Gasteiger partial charge in [-0.2, -0.15) is 0 Å². The monoisotopic (exact) mass is 216 g/mol. The lowest BCUT2D eigenvalue weighted by molar-refractivity contribution is 0.0616. The highest BCUT2D eigenvalue weighted by Crippen LogP contribution is 2.44. The fourth-order valence-electron chi connectivity index (χ4n) is 2.79. The van der Waals surface area contributed by atoms with Crippen molar-refractivity contribution >= 4 is 0 Å². The van der Waals surface area contributed by atoms with E-state index in [9.17, 15) is 5.11 Å². The molecule has 0 bridgehead atoms. The molecular formula is C14H16O2. The van der Waals surface area contributed by atoms with Crippen LogP contribution in [0.25, 0.3) is 0 Å². The molecule has 1 heterocycles. The molecule has 0 radical (unpaired) electrons. The molecule has 2 aliphatic rings. The Hall–Kier alpha value is -1.28. The highest BCUT2D eigenvalue weighted by Gasteiger charge is 2.40. The summed E-state index contributed by atoms with van der Waals surface area (Å²) in [7, 11) is 0. The number of hydrogen-bond acceptors (Lipinski definition) is 2. The van der Waals surface area contributed by atoms with Crippen LogP contribution in [0, 0.1) is 0 Å². The first-order valence-electron chi connectivity index (χ1n) is 5.92. The molecular weight excluding hydrogens is 200 g/mol. The average molecular weight is 216 g/mol. The minimum absolute atomic E-state index is 0.767. The number of hydrogen-bond donors (Lipinski definition) is 1. The Kier molecular flexibility index (Phi) is 2.25. The summed E-state index contributed by atoms with van der Waals surface area (Å²) in [4.78, 5) is 0. The van der Waals surface area contributed by atoms with E-state index in [1.54, 1.807) is 6.26 Å². The van der Waals surface area contributed by atoms with Crippen LogP contribution in [0.3, 0.4) is 0 Å². The van der Waals surface area contributed by atoms with E-state index in [0.717, 1.165) is 43.4 Å². The molecule has 0 aromatic heterocycles. The third-order valence-electron chi connectivity index (χ3n) is 3.68. The molecule has 1 N–H and O–H groups in total. The largest absolute Gasteiger partial charge is 0.501 e. The summed E-state index contributed by atoms with van der Waals surface area (Å²) in [5, 5.41) is 10.8. The molecule has 84 valence electrons. The molecule has 0 fully saturated rings. The maximum atomic E-state index is 10.8. The molecule has 1 unspecified atom stereocenters. The second-order valence-electron chi connectivity index (χ2n) is 4.63. The van der Waals surface area contributed by atoms with Crippen molar-refractivity contribution in [3.63, 3.8) is 0 Å². The van der Waals surface area contributed by atoms with Crippen molar-refractivity contribution < 1.29 is 9.84 Å². The Morgan fingerprint density at radius 2 is 2.06 bits per heavy atom. The Morgan fingerprint density at radius 1 is 1.19 bits per heavy atom. The van der Waals surface area contributed by atoms with Crippen LogP contribution in [0.2, 0.25) is 0 Å². The van der Waals surface area contributed by atoms with E-state index in [4.69, 9.17) is 4.74 Å². The van der Waals surface area contributed by atoms with Crippen molar-refractivity contribution in [3.8, 4) is 0 Å². The molecule has 1 aliphatic heterocycles. The first-order chi connectivity index (χ1) is 7.81. The van der Waals surface area contributed by atoms with Gasteiger partial charge in [0.05, 0.1) is 12.9 Å². The maximum absolute atomic E-state index is 10.8. The van der Waals surface area contributed by atoms with E-state index in [0.29, 0.717) is 0 Å². The van der Waals surface area contributed by atoms with Crippen LogP contribution in [0.4, 0.5) is 0 Å². The van der Waals surface area contributed by atoms with Crippen molar-refractivity contribution in [1.82, 2.24) is 0 Å². The highest BCUT2D eigenvalue weighted by molar-refractivity contribution is 5.43. The van der Waals surface area contributed by atoms with Crippen molar-refractivity contribution in [3.05, 3.63) is 47.2 Å².